The van der Waals surface area contributed by atoms with Gasteiger partial charge in [0.15, 0.2) is 0 Å². The molecule has 0 spiro atoms. The zero-order chi connectivity index (χ0) is 13.1. The summed E-state index contributed by atoms with van der Waals surface area (Å²) in [6.45, 7) is 3.47. The molecule has 1 saturated heterocycles. The molecule has 0 amide bonds. The summed E-state index contributed by atoms with van der Waals surface area (Å²) in [4.78, 5) is 11.0. The van der Waals surface area contributed by atoms with E-state index in [1.165, 1.54) is 0 Å². The van der Waals surface area contributed by atoms with Crippen molar-refractivity contribution in [3.8, 4) is 0 Å². The first kappa shape index (κ1) is 14.4. The van der Waals surface area contributed by atoms with Crippen molar-refractivity contribution in [2.75, 3.05) is 13.1 Å². The molecule has 8 heteroatoms. The van der Waals surface area contributed by atoms with Gasteiger partial charge >= 0.3 is 5.97 Å². The summed E-state index contributed by atoms with van der Waals surface area (Å²) < 4.78 is 26.9. The number of halogens is 1. The lowest BCUT2D eigenvalue weighted by Gasteiger charge is -2.31. The van der Waals surface area contributed by atoms with Crippen LogP contribution in [-0.2, 0) is 15.0 Å². The molecule has 2 N–H and O–H groups in total. The van der Waals surface area contributed by atoms with Crippen molar-refractivity contribution in [1.82, 2.24) is 9.03 Å². The third-order valence-corrected chi connectivity index (χ3v) is 4.19. The quantitative estimate of drug-likeness (QED) is 0.769. The van der Waals surface area contributed by atoms with Gasteiger partial charge in [0.2, 0.25) is 0 Å². The highest BCUT2D eigenvalue weighted by molar-refractivity contribution is 7.87. The second-order valence-corrected chi connectivity index (χ2v) is 6.05. The van der Waals surface area contributed by atoms with E-state index >= 15 is 0 Å². The van der Waals surface area contributed by atoms with Gasteiger partial charge in [0, 0.05) is 18.1 Å². The topological polar surface area (TPSA) is 86.7 Å². The molecular weight excluding hydrogens is 268 g/mol. The first-order valence-corrected chi connectivity index (χ1v) is 6.99. The maximum Gasteiger partial charge on any atom is 0.322 e. The molecule has 0 aromatic carbocycles. The molecule has 17 heavy (non-hydrogen) atoms. The van der Waals surface area contributed by atoms with Gasteiger partial charge in [0.1, 0.15) is 6.04 Å². The van der Waals surface area contributed by atoms with Crippen molar-refractivity contribution in [2.45, 2.75) is 25.3 Å². The predicted molar refractivity (Wildman–Crippen MR) is 63.9 cm³/mol. The highest BCUT2D eigenvalue weighted by atomic mass is 35.5. The molecule has 0 radical (unpaired) electrons. The Labute approximate surface area is 105 Å². The average Bonchev–Trinajstić information content (AvgIpc) is 2.26. The minimum atomic E-state index is -3.82. The van der Waals surface area contributed by atoms with E-state index in [4.69, 9.17) is 16.7 Å². The molecule has 1 fully saturated rings. The van der Waals surface area contributed by atoms with E-state index in [1.54, 1.807) is 0 Å². The van der Waals surface area contributed by atoms with Crippen LogP contribution in [0.25, 0.3) is 0 Å². The summed E-state index contributed by atoms with van der Waals surface area (Å²) in [6.07, 6.45) is 1.70. The van der Waals surface area contributed by atoms with Crippen LogP contribution in [0, 0.1) is 0 Å². The van der Waals surface area contributed by atoms with E-state index in [9.17, 15) is 13.2 Å². The predicted octanol–water partition coefficient (Wildman–Crippen LogP) is 0.512. The fourth-order valence-corrected chi connectivity index (χ4v) is 3.26. The number of hydrogen-bond donors (Lipinski definition) is 2. The van der Waals surface area contributed by atoms with E-state index < -0.39 is 22.2 Å². The lowest BCUT2D eigenvalue weighted by atomic mass is 10.1. The van der Waals surface area contributed by atoms with Crippen molar-refractivity contribution in [3.63, 3.8) is 0 Å². The summed E-state index contributed by atoms with van der Waals surface area (Å²) >= 11 is 5.47. The van der Waals surface area contributed by atoms with Gasteiger partial charge in [-0.1, -0.05) is 18.2 Å². The molecule has 0 aromatic rings. The van der Waals surface area contributed by atoms with E-state index in [0.717, 1.165) is 4.31 Å². The van der Waals surface area contributed by atoms with Crippen LogP contribution in [0.5, 0.6) is 0 Å². The number of nitrogens with zero attached hydrogens (tertiary/aromatic N) is 1. The van der Waals surface area contributed by atoms with Crippen molar-refractivity contribution in [1.29, 1.82) is 0 Å². The molecule has 1 aliphatic heterocycles. The fourth-order valence-electron chi connectivity index (χ4n) is 1.69. The molecule has 6 nitrogen and oxygen atoms in total. The molecule has 0 saturated carbocycles. The minimum absolute atomic E-state index is 0.104. The molecular formula is C9H15ClN2O4S. The Bertz CT molecular complexity index is 409. The Morgan fingerprint density at radius 3 is 2.71 bits per heavy atom. The lowest BCUT2D eigenvalue weighted by molar-refractivity contribution is -0.142. The zero-order valence-corrected chi connectivity index (χ0v) is 10.8. The number of aliphatic carboxylic acids is 1. The van der Waals surface area contributed by atoms with Gasteiger partial charge in [0.25, 0.3) is 10.2 Å². The van der Waals surface area contributed by atoms with Gasteiger partial charge in [-0.05, 0) is 19.3 Å². The maximum atomic E-state index is 11.9. The highest BCUT2D eigenvalue weighted by Gasteiger charge is 2.36. The summed E-state index contributed by atoms with van der Waals surface area (Å²) in [6, 6.07) is -0.996. The number of piperidine rings is 1. The van der Waals surface area contributed by atoms with Crippen LogP contribution >= 0.6 is 11.6 Å². The van der Waals surface area contributed by atoms with Crippen LogP contribution in [0.2, 0.25) is 0 Å². The van der Waals surface area contributed by atoms with Gasteiger partial charge in [0.05, 0.1) is 0 Å². The number of hydrogen-bond acceptors (Lipinski definition) is 3. The SMILES string of the molecule is C=C(Cl)CNS(=O)(=O)N1CCCCC1C(=O)O. The first-order valence-electron chi connectivity index (χ1n) is 5.17. The number of nitrogens with one attached hydrogen (secondary N) is 1. The number of carbonyl (C=O) groups is 1. The van der Waals surface area contributed by atoms with Crippen LogP contribution in [-0.4, -0.2) is 42.9 Å². The van der Waals surface area contributed by atoms with Crippen molar-refractivity contribution < 1.29 is 18.3 Å². The highest BCUT2D eigenvalue weighted by Crippen LogP contribution is 2.20. The normalized spacial score (nSPS) is 22.3. The van der Waals surface area contributed by atoms with Gasteiger partial charge in [-0.3, -0.25) is 4.79 Å². The van der Waals surface area contributed by atoms with Crippen molar-refractivity contribution in [3.05, 3.63) is 11.6 Å². The molecule has 1 rings (SSSR count). The molecule has 0 aromatic heterocycles. The number of rotatable bonds is 5. The van der Waals surface area contributed by atoms with E-state index in [0.29, 0.717) is 19.3 Å². The lowest BCUT2D eigenvalue weighted by Crippen LogP contribution is -2.52. The third-order valence-electron chi connectivity index (χ3n) is 2.49. The Kier molecular flexibility index (Phi) is 4.93. The van der Waals surface area contributed by atoms with Gasteiger partial charge in [-0.25, -0.2) is 0 Å². The smallest absolute Gasteiger partial charge is 0.322 e. The monoisotopic (exact) mass is 282 g/mol. The second-order valence-electron chi connectivity index (χ2n) is 3.80. The van der Waals surface area contributed by atoms with Crippen LogP contribution in [0.4, 0.5) is 0 Å². The standard InChI is InChI=1S/C9H15ClN2O4S/c1-7(10)6-11-17(15,16)12-5-3-2-4-8(12)9(13)14/h8,11H,1-6H2,(H,13,14). The molecule has 0 aliphatic carbocycles. The Morgan fingerprint density at radius 1 is 1.53 bits per heavy atom. The van der Waals surface area contributed by atoms with Crippen LogP contribution < -0.4 is 4.72 Å². The van der Waals surface area contributed by atoms with Crippen LogP contribution in [0.1, 0.15) is 19.3 Å². The summed E-state index contributed by atoms with van der Waals surface area (Å²) in [5, 5.41) is 9.12. The van der Waals surface area contributed by atoms with Gasteiger partial charge in [-0.15, -0.1) is 0 Å². The third kappa shape index (κ3) is 3.95. The number of carboxylic acid groups (broad SMARTS) is 1. The molecule has 0 bridgehead atoms. The van der Waals surface area contributed by atoms with Crippen molar-refractivity contribution in [2.24, 2.45) is 0 Å². The Hall–Kier alpha value is -0.630. The minimum Gasteiger partial charge on any atom is -0.480 e. The maximum absolute atomic E-state index is 11.9. The summed E-state index contributed by atoms with van der Waals surface area (Å²) in [5.41, 5.74) is 0. The Morgan fingerprint density at radius 2 is 2.18 bits per heavy atom. The molecule has 1 atom stereocenters. The van der Waals surface area contributed by atoms with Gasteiger partial charge in [-0.2, -0.15) is 17.4 Å². The fraction of sp³-hybridized carbons (Fsp3) is 0.667. The van der Waals surface area contributed by atoms with E-state index in [2.05, 4.69) is 11.3 Å². The zero-order valence-electron chi connectivity index (χ0n) is 9.23. The first-order chi connectivity index (χ1) is 7.84. The molecule has 1 heterocycles. The summed E-state index contributed by atoms with van der Waals surface area (Å²) in [7, 11) is -3.82. The van der Waals surface area contributed by atoms with Crippen LogP contribution in [0.3, 0.4) is 0 Å². The molecule has 1 unspecified atom stereocenters. The second kappa shape index (κ2) is 5.81. The van der Waals surface area contributed by atoms with E-state index in [-0.39, 0.29) is 18.1 Å². The van der Waals surface area contributed by atoms with Gasteiger partial charge < -0.3 is 5.11 Å². The molecule has 1 aliphatic rings. The Balaban J connectivity index is 2.79. The largest absolute Gasteiger partial charge is 0.480 e. The van der Waals surface area contributed by atoms with E-state index in [1.807, 2.05) is 0 Å². The van der Waals surface area contributed by atoms with Crippen LogP contribution in [0.15, 0.2) is 11.6 Å². The average molecular weight is 283 g/mol. The van der Waals surface area contributed by atoms with Crippen molar-refractivity contribution >= 4 is 27.8 Å². The number of carboxylic acids is 1. The summed E-state index contributed by atoms with van der Waals surface area (Å²) in [5.74, 6) is -1.13. The molecule has 98 valence electrons.